The van der Waals surface area contributed by atoms with E-state index in [4.69, 9.17) is 4.74 Å². The third-order valence-electron chi connectivity index (χ3n) is 3.35. The first-order chi connectivity index (χ1) is 9.06. The maximum atomic E-state index is 9.70. The van der Waals surface area contributed by atoms with Gasteiger partial charge in [0, 0.05) is 19.7 Å². The number of rotatable bonds is 4. The Hall–Kier alpha value is -0.100. The van der Waals surface area contributed by atoms with Crippen molar-refractivity contribution in [3.63, 3.8) is 0 Å². The smallest absolute Gasteiger partial charge is 0.143 e. The Morgan fingerprint density at radius 3 is 2.63 bits per heavy atom. The van der Waals surface area contributed by atoms with Crippen molar-refractivity contribution in [3.8, 4) is 5.75 Å². The van der Waals surface area contributed by atoms with Crippen LogP contribution < -0.4 is 0 Å². The molecule has 1 saturated heterocycles. The number of halogens is 2. The molecule has 0 aliphatic carbocycles. The Bertz CT molecular complexity index is 410. The Morgan fingerprint density at radius 2 is 2.05 bits per heavy atom. The molecule has 0 amide bonds. The fourth-order valence-electron chi connectivity index (χ4n) is 2.48. The zero-order valence-corrected chi connectivity index (χ0v) is 14.2. The quantitative estimate of drug-likeness (QED) is 0.846. The summed E-state index contributed by atoms with van der Waals surface area (Å²) in [6.45, 7) is 3.72. The Balaban J connectivity index is 1.92. The first-order valence-electron chi connectivity index (χ1n) is 6.49. The van der Waals surface area contributed by atoms with Crippen molar-refractivity contribution in [2.24, 2.45) is 5.92 Å². The first kappa shape index (κ1) is 15.3. The van der Waals surface area contributed by atoms with E-state index in [-0.39, 0.29) is 5.75 Å². The van der Waals surface area contributed by atoms with E-state index < -0.39 is 0 Å². The van der Waals surface area contributed by atoms with Crippen LogP contribution in [0.25, 0.3) is 0 Å². The molecule has 1 atom stereocenters. The van der Waals surface area contributed by atoms with E-state index in [0.29, 0.717) is 5.92 Å². The summed E-state index contributed by atoms with van der Waals surface area (Å²) in [6, 6.07) is 3.93. The molecule has 106 valence electrons. The number of phenolic OH excluding ortho intramolecular Hbond substituents is 1. The van der Waals surface area contributed by atoms with Crippen LogP contribution >= 0.6 is 31.9 Å². The van der Waals surface area contributed by atoms with Gasteiger partial charge in [0.2, 0.25) is 0 Å². The number of phenols is 1. The Morgan fingerprint density at radius 1 is 1.37 bits per heavy atom. The van der Waals surface area contributed by atoms with Crippen molar-refractivity contribution in [2.75, 3.05) is 26.8 Å². The highest BCUT2D eigenvalue weighted by Crippen LogP contribution is 2.33. The van der Waals surface area contributed by atoms with Gasteiger partial charge in [0.1, 0.15) is 5.75 Å². The van der Waals surface area contributed by atoms with Crippen LogP contribution in [-0.2, 0) is 11.3 Å². The van der Waals surface area contributed by atoms with Gasteiger partial charge in [-0.3, -0.25) is 0 Å². The molecule has 0 radical (unpaired) electrons. The van der Waals surface area contributed by atoms with E-state index in [2.05, 4.69) is 43.8 Å². The number of benzene rings is 1. The summed E-state index contributed by atoms with van der Waals surface area (Å²) in [7, 11) is 2.13. The van der Waals surface area contributed by atoms with Gasteiger partial charge in [-0.1, -0.05) is 0 Å². The zero-order valence-electron chi connectivity index (χ0n) is 11.0. The van der Waals surface area contributed by atoms with Crippen LogP contribution in [0, 0.1) is 5.92 Å². The van der Waals surface area contributed by atoms with E-state index in [0.717, 1.165) is 35.2 Å². The maximum Gasteiger partial charge on any atom is 0.143 e. The van der Waals surface area contributed by atoms with Crippen molar-refractivity contribution in [2.45, 2.75) is 19.4 Å². The molecule has 2 rings (SSSR count). The first-order valence-corrected chi connectivity index (χ1v) is 8.08. The van der Waals surface area contributed by atoms with Gasteiger partial charge in [-0.2, -0.15) is 0 Å². The molecule has 0 spiro atoms. The third kappa shape index (κ3) is 4.45. The van der Waals surface area contributed by atoms with Gasteiger partial charge >= 0.3 is 0 Å². The predicted molar refractivity (Wildman–Crippen MR) is 83.4 cm³/mol. The molecule has 0 saturated carbocycles. The lowest BCUT2D eigenvalue weighted by molar-refractivity contribution is 0.0411. The molecular weight excluding hydrogens is 374 g/mol. The summed E-state index contributed by atoms with van der Waals surface area (Å²) >= 11 is 6.73. The minimum absolute atomic E-state index is 0.257. The number of aromatic hydroxyl groups is 1. The minimum atomic E-state index is 0.257. The normalized spacial score (nSPS) is 19.9. The average Bonchev–Trinajstić information content (AvgIpc) is 2.37. The second kappa shape index (κ2) is 7.07. The molecule has 0 bridgehead atoms. The van der Waals surface area contributed by atoms with Gasteiger partial charge in [0.25, 0.3) is 0 Å². The molecule has 1 aromatic carbocycles. The third-order valence-corrected chi connectivity index (χ3v) is 4.56. The van der Waals surface area contributed by atoms with Crippen molar-refractivity contribution in [1.82, 2.24) is 4.90 Å². The molecule has 1 unspecified atom stereocenters. The van der Waals surface area contributed by atoms with Crippen molar-refractivity contribution >= 4 is 31.9 Å². The number of hydrogen-bond donors (Lipinski definition) is 1. The van der Waals surface area contributed by atoms with Gasteiger partial charge < -0.3 is 14.7 Å². The van der Waals surface area contributed by atoms with E-state index in [1.807, 2.05) is 12.1 Å². The molecule has 0 aromatic heterocycles. The highest BCUT2D eigenvalue weighted by molar-refractivity contribution is 9.11. The van der Waals surface area contributed by atoms with Gasteiger partial charge in [-0.05, 0) is 75.4 Å². The van der Waals surface area contributed by atoms with Crippen molar-refractivity contribution < 1.29 is 9.84 Å². The molecule has 1 aliphatic heterocycles. The minimum Gasteiger partial charge on any atom is -0.506 e. The van der Waals surface area contributed by atoms with Crippen LogP contribution in [0.1, 0.15) is 18.4 Å². The van der Waals surface area contributed by atoms with Gasteiger partial charge in [-0.15, -0.1) is 0 Å². The molecule has 1 fully saturated rings. The highest BCUT2D eigenvalue weighted by Gasteiger charge is 2.16. The van der Waals surface area contributed by atoms with Gasteiger partial charge in [0.05, 0.1) is 15.6 Å². The summed E-state index contributed by atoms with van der Waals surface area (Å²) in [5, 5.41) is 9.70. The van der Waals surface area contributed by atoms with Crippen LogP contribution in [0.15, 0.2) is 21.1 Å². The molecule has 19 heavy (non-hydrogen) atoms. The molecule has 5 heteroatoms. The van der Waals surface area contributed by atoms with E-state index in [1.54, 1.807) is 0 Å². The summed E-state index contributed by atoms with van der Waals surface area (Å²) in [5.74, 6) is 0.898. The second-order valence-corrected chi connectivity index (χ2v) is 6.90. The van der Waals surface area contributed by atoms with Crippen molar-refractivity contribution in [1.29, 1.82) is 0 Å². The number of ether oxygens (including phenoxy) is 1. The predicted octanol–water partition coefficient (Wildman–Crippen LogP) is 3.78. The van der Waals surface area contributed by atoms with Gasteiger partial charge in [-0.25, -0.2) is 0 Å². The fraction of sp³-hybridized carbons (Fsp3) is 0.571. The monoisotopic (exact) mass is 391 g/mol. The Labute approximate surface area is 131 Å². The molecule has 1 N–H and O–H groups in total. The standard InChI is InChI=1S/C14H19Br2NO2/c1-17(7-10-3-2-4-19-9-10)8-11-5-12(15)14(18)13(16)6-11/h5-6,10,18H,2-4,7-9H2,1H3. The summed E-state index contributed by atoms with van der Waals surface area (Å²) in [5.41, 5.74) is 1.18. The van der Waals surface area contributed by atoms with Crippen molar-refractivity contribution in [3.05, 3.63) is 26.6 Å². The number of hydrogen-bond acceptors (Lipinski definition) is 3. The topological polar surface area (TPSA) is 32.7 Å². The SMILES string of the molecule is CN(Cc1cc(Br)c(O)c(Br)c1)CC1CCCOC1. The zero-order chi connectivity index (χ0) is 13.8. The van der Waals surface area contributed by atoms with Crippen LogP contribution in [0.4, 0.5) is 0 Å². The van der Waals surface area contributed by atoms with E-state index in [1.165, 1.54) is 18.4 Å². The van der Waals surface area contributed by atoms with Gasteiger partial charge in [0.15, 0.2) is 0 Å². The fourth-order valence-corrected chi connectivity index (χ4v) is 3.76. The lowest BCUT2D eigenvalue weighted by atomic mass is 10.0. The highest BCUT2D eigenvalue weighted by atomic mass is 79.9. The lowest BCUT2D eigenvalue weighted by Crippen LogP contribution is -2.30. The second-order valence-electron chi connectivity index (χ2n) is 5.19. The lowest BCUT2D eigenvalue weighted by Gasteiger charge is -2.27. The van der Waals surface area contributed by atoms with Crippen LogP contribution in [0.5, 0.6) is 5.75 Å². The molecule has 1 aliphatic rings. The van der Waals surface area contributed by atoms with Crippen LogP contribution in [-0.4, -0.2) is 36.8 Å². The molecule has 1 heterocycles. The number of nitrogens with zero attached hydrogens (tertiary/aromatic N) is 1. The largest absolute Gasteiger partial charge is 0.506 e. The molecular formula is C14H19Br2NO2. The Kier molecular flexibility index (Phi) is 5.69. The van der Waals surface area contributed by atoms with Crippen LogP contribution in [0.3, 0.4) is 0 Å². The average molecular weight is 393 g/mol. The molecule has 1 aromatic rings. The summed E-state index contributed by atoms with van der Waals surface area (Å²) in [4.78, 5) is 2.31. The van der Waals surface area contributed by atoms with E-state index in [9.17, 15) is 5.11 Å². The molecule has 3 nitrogen and oxygen atoms in total. The van der Waals surface area contributed by atoms with Crippen LogP contribution in [0.2, 0.25) is 0 Å². The summed E-state index contributed by atoms with van der Waals surface area (Å²) < 4.78 is 6.97. The maximum absolute atomic E-state index is 9.70. The summed E-state index contributed by atoms with van der Waals surface area (Å²) in [6.07, 6.45) is 2.43. The van der Waals surface area contributed by atoms with E-state index >= 15 is 0 Å².